The number of hydrazone groups is 1. The lowest BCUT2D eigenvalue weighted by Crippen LogP contribution is -2.32. The molecule has 35 heavy (non-hydrogen) atoms. The molecule has 0 aliphatic carbocycles. The van der Waals surface area contributed by atoms with E-state index in [-0.39, 0.29) is 12.4 Å². The maximum absolute atomic E-state index is 13.1. The number of hydrogen-bond donors (Lipinski definition) is 2. The van der Waals surface area contributed by atoms with E-state index in [4.69, 9.17) is 14.2 Å². The third-order valence-corrected chi connectivity index (χ3v) is 5.16. The van der Waals surface area contributed by atoms with Gasteiger partial charge in [-0.2, -0.15) is 5.10 Å². The fourth-order valence-corrected chi connectivity index (χ4v) is 3.51. The van der Waals surface area contributed by atoms with Crippen molar-refractivity contribution < 1.29 is 28.2 Å². The van der Waals surface area contributed by atoms with Gasteiger partial charge in [0.1, 0.15) is 18.2 Å². The van der Waals surface area contributed by atoms with Gasteiger partial charge in [0.2, 0.25) is 0 Å². The van der Waals surface area contributed by atoms with Gasteiger partial charge in [0, 0.05) is 0 Å². The van der Waals surface area contributed by atoms with Crippen LogP contribution in [0.2, 0.25) is 0 Å². The highest BCUT2D eigenvalue weighted by atomic mass is 79.9. The number of anilines is 1. The molecule has 0 spiro atoms. The molecule has 0 bridgehead atoms. The summed E-state index contributed by atoms with van der Waals surface area (Å²) < 4.78 is 30.3. The summed E-state index contributed by atoms with van der Waals surface area (Å²) in [7, 11) is 1.49. The van der Waals surface area contributed by atoms with Gasteiger partial charge in [0.15, 0.2) is 11.5 Å². The van der Waals surface area contributed by atoms with Crippen molar-refractivity contribution in [2.45, 2.75) is 13.5 Å². The molecule has 0 fully saturated rings. The lowest BCUT2D eigenvalue weighted by molar-refractivity contribution is -0.136. The van der Waals surface area contributed by atoms with Crippen LogP contribution in [0, 0.1) is 5.82 Å². The Bertz CT molecular complexity index is 1220. The molecule has 0 aliphatic rings. The van der Waals surface area contributed by atoms with Crippen LogP contribution in [0.4, 0.5) is 10.1 Å². The zero-order valence-corrected chi connectivity index (χ0v) is 20.6. The molecule has 0 unspecified atom stereocenters. The van der Waals surface area contributed by atoms with Crippen LogP contribution in [-0.4, -0.2) is 31.7 Å². The molecular weight excluding hydrogens is 521 g/mol. The number of rotatable bonds is 9. The van der Waals surface area contributed by atoms with E-state index in [9.17, 15) is 14.0 Å². The monoisotopic (exact) mass is 543 g/mol. The maximum Gasteiger partial charge on any atom is 0.329 e. The first kappa shape index (κ1) is 25.7. The lowest BCUT2D eigenvalue weighted by atomic mass is 10.2. The van der Waals surface area contributed by atoms with E-state index in [2.05, 4.69) is 31.8 Å². The van der Waals surface area contributed by atoms with Crippen LogP contribution in [-0.2, 0) is 16.2 Å². The number of ether oxygens (including phenoxy) is 3. The summed E-state index contributed by atoms with van der Waals surface area (Å²) in [6.45, 7) is 2.44. The second-order valence-corrected chi connectivity index (χ2v) is 7.89. The van der Waals surface area contributed by atoms with E-state index in [0.29, 0.717) is 39.6 Å². The summed E-state index contributed by atoms with van der Waals surface area (Å²) in [5.41, 5.74) is 3.93. The zero-order valence-electron chi connectivity index (χ0n) is 19.0. The minimum Gasteiger partial charge on any atom is -0.493 e. The van der Waals surface area contributed by atoms with E-state index in [1.807, 2.05) is 6.92 Å². The van der Waals surface area contributed by atoms with Crippen molar-refractivity contribution in [2.75, 3.05) is 19.0 Å². The van der Waals surface area contributed by atoms with Gasteiger partial charge in [-0.15, -0.1) is 0 Å². The van der Waals surface area contributed by atoms with Crippen molar-refractivity contribution in [1.29, 1.82) is 0 Å². The first-order valence-electron chi connectivity index (χ1n) is 10.5. The summed E-state index contributed by atoms with van der Waals surface area (Å²) in [6.07, 6.45) is 1.36. The number of methoxy groups -OCH3 is 1. The highest BCUT2D eigenvalue weighted by molar-refractivity contribution is 9.10. The normalized spacial score (nSPS) is 10.6. The minimum absolute atomic E-state index is 0.209. The van der Waals surface area contributed by atoms with Crippen molar-refractivity contribution in [1.82, 2.24) is 5.43 Å². The van der Waals surface area contributed by atoms with Crippen LogP contribution in [0.5, 0.6) is 17.2 Å². The molecule has 3 rings (SSSR count). The van der Waals surface area contributed by atoms with Crippen molar-refractivity contribution >= 4 is 39.6 Å². The van der Waals surface area contributed by atoms with Crippen molar-refractivity contribution in [3.8, 4) is 17.2 Å². The topological polar surface area (TPSA) is 98.2 Å². The SMILES string of the molecule is CCOc1ccccc1NC(=O)C(=O)N/N=C/c1cc(Br)c(OCc2ccc(F)cc2)c(OC)c1. The average Bonchev–Trinajstić information content (AvgIpc) is 2.85. The van der Waals surface area contributed by atoms with Crippen LogP contribution in [0.25, 0.3) is 0 Å². The van der Waals surface area contributed by atoms with Gasteiger partial charge >= 0.3 is 11.8 Å². The summed E-state index contributed by atoms with van der Waals surface area (Å²) in [6, 6.07) is 16.1. The Morgan fingerprint density at radius 2 is 1.77 bits per heavy atom. The summed E-state index contributed by atoms with van der Waals surface area (Å²) in [4.78, 5) is 24.3. The first-order chi connectivity index (χ1) is 16.9. The number of hydrogen-bond acceptors (Lipinski definition) is 6. The molecule has 0 aliphatic heterocycles. The lowest BCUT2D eigenvalue weighted by Gasteiger charge is -2.13. The molecule has 2 amide bonds. The third kappa shape index (κ3) is 7.28. The van der Waals surface area contributed by atoms with E-state index >= 15 is 0 Å². The smallest absolute Gasteiger partial charge is 0.329 e. The predicted octanol–water partition coefficient (Wildman–Crippen LogP) is 4.66. The average molecular weight is 544 g/mol. The standard InChI is InChI=1S/C25H23BrFN3O5/c1-3-34-21-7-5-4-6-20(21)29-24(31)25(32)30-28-14-17-12-19(26)23(22(13-17)33-2)35-15-16-8-10-18(27)11-9-16/h4-14H,3,15H2,1-2H3,(H,29,31)(H,30,32)/b28-14+. The van der Waals surface area contributed by atoms with Gasteiger partial charge in [-0.3, -0.25) is 9.59 Å². The second kappa shape index (κ2) is 12.5. The highest BCUT2D eigenvalue weighted by Gasteiger charge is 2.16. The molecule has 182 valence electrons. The minimum atomic E-state index is -0.946. The Balaban J connectivity index is 1.62. The Kier molecular flexibility index (Phi) is 9.19. The molecule has 0 saturated heterocycles. The van der Waals surface area contributed by atoms with Gasteiger partial charge in [-0.1, -0.05) is 24.3 Å². The Morgan fingerprint density at radius 3 is 2.49 bits per heavy atom. The van der Waals surface area contributed by atoms with Crippen molar-refractivity contribution in [3.63, 3.8) is 0 Å². The highest BCUT2D eigenvalue weighted by Crippen LogP contribution is 2.36. The summed E-state index contributed by atoms with van der Waals surface area (Å²) in [5, 5.41) is 6.34. The third-order valence-electron chi connectivity index (χ3n) is 4.57. The number of benzene rings is 3. The molecular formula is C25H23BrFN3O5. The predicted molar refractivity (Wildman–Crippen MR) is 133 cm³/mol. The quantitative estimate of drug-likeness (QED) is 0.232. The number of para-hydroxylation sites is 2. The second-order valence-electron chi connectivity index (χ2n) is 7.03. The largest absolute Gasteiger partial charge is 0.493 e. The van der Waals surface area contributed by atoms with E-state index in [0.717, 1.165) is 5.56 Å². The van der Waals surface area contributed by atoms with Gasteiger partial charge in [0.05, 0.1) is 30.1 Å². The molecule has 3 aromatic carbocycles. The Hall–Kier alpha value is -3.92. The van der Waals surface area contributed by atoms with Gasteiger partial charge in [0.25, 0.3) is 0 Å². The van der Waals surface area contributed by atoms with E-state index in [1.54, 1.807) is 48.5 Å². The molecule has 0 atom stereocenters. The molecule has 3 aromatic rings. The number of amides is 2. The van der Waals surface area contributed by atoms with Crippen LogP contribution >= 0.6 is 15.9 Å². The molecule has 0 radical (unpaired) electrons. The number of nitrogens with one attached hydrogen (secondary N) is 2. The molecule has 0 aromatic heterocycles. The summed E-state index contributed by atoms with van der Waals surface area (Å²) >= 11 is 3.43. The fraction of sp³-hybridized carbons (Fsp3) is 0.160. The Labute approximate surface area is 210 Å². The molecule has 0 saturated carbocycles. The van der Waals surface area contributed by atoms with E-state index in [1.165, 1.54) is 25.5 Å². The van der Waals surface area contributed by atoms with Crippen LogP contribution in [0.3, 0.4) is 0 Å². The Morgan fingerprint density at radius 1 is 1.03 bits per heavy atom. The number of halogens is 2. The number of carbonyl (C=O) groups excluding carboxylic acids is 2. The molecule has 2 N–H and O–H groups in total. The molecule has 0 heterocycles. The zero-order chi connectivity index (χ0) is 25.2. The number of nitrogens with zero attached hydrogens (tertiary/aromatic N) is 1. The van der Waals surface area contributed by atoms with Gasteiger partial charge in [-0.05, 0) is 70.4 Å². The van der Waals surface area contributed by atoms with Crippen LogP contribution < -0.4 is 25.0 Å². The number of carbonyl (C=O) groups is 2. The first-order valence-corrected chi connectivity index (χ1v) is 11.3. The van der Waals surface area contributed by atoms with Crippen molar-refractivity contribution in [2.24, 2.45) is 5.10 Å². The molecule has 10 heteroatoms. The fourth-order valence-electron chi connectivity index (χ4n) is 2.94. The van der Waals surface area contributed by atoms with Crippen LogP contribution in [0.1, 0.15) is 18.1 Å². The summed E-state index contributed by atoms with van der Waals surface area (Å²) in [5.74, 6) is -0.838. The van der Waals surface area contributed by atoms with Gasteiger partial charge in [-0.25, -0.2) is 9.82 Å². The van der Waals surface area contributed by atoms with Crippen molar-refractivity contribution in [3.05, 3.63) is 82.1 Å². The van der Waals surface area contributed by atoms with E-state index < -0.39 is 11.8 Å². The van der Waals surface area contributed by atoms with Crippen LogP contribution in [0.15, 0.2) is 70.2 Å². The van der Waals surface area contributed by atoms with Gasteiger partial charge < -0.3 is 19.5 Å². The molecule has 8 nitrogen and oxygen atoms in total. The maximum atomic E-state index is 13.1.